The average molecular weight is 240 g/mol. The molecule has 1 aromatic rings. The summed E-state index contributed by atoms with van der Waals surface area (Å²) < 4.78 is 5.05. The highest BCUT2D eigenvalue weighted by atomic mass is 35.5. The van der Waals surface area contributed by atoms with Crippen molar-refractivity contribution < 1.29 is 9.53 Å². The van der Waals surface area contributed by atoms with Crippen LogP contribution >= 0.6 is 11.6 Å². The minimum absolute atomic E-state index is 0.0590. The first-order valence-corrected chi connectivity index (χ1v) is 5.68. The largest absolute Gasteiger partial charge is 0.495 e. The van der Waals surface area contributed by atoms with E-state index in [-0.39, 0.29) is 5.91 Å². The summed E-state index contributed by atoms with van der Waals surface area (Å²) in [6.07, 6.45) is 2.59. The Bertz CT molecular complexity index is 402. The fraction of sp³-hybridized carbons (Fsp3) is 0.417. The molecule has 86 valence electrons. The molecule has 0 atom stereocenters. The number of carbonyl (C=O) groups excluding carboxylic acids is 1. The smallest absolute Gasteiger partial charge is 0.224 e. The van der Waals surface area contributed by atoms with E-state index >= 15 is 0 Å². The summed E-state index contributed by atoms with van der Waals surface area (Å²) in [6, 6.07) is 5.81. The molecular formula is C12H14ClNO2. The van der Waals surface area contributed by atoms with Crippen LogP contribution in [0.4, 0.5) is 0 Å². The molecule has 1 aliphatic carbocycles. The fourth-order valence-corrected chi connectivity index (χ4v) is 1.79. The monoisotopic (exact) mass is 239 g/mol. The van der Waals surface area contributed by atoms with Gasteiger partial charge in [0.05, 0.1) is 18.6 Å². The first kappa shape index (κ1) is 11.3. The van der Waals surface area contributed by atoms with E-state index in [1.54, 1.807) is 19.2 Å². The normalized spacial score (nSPS) is 14.6. The molecule has 1 fully saturated rings. The van der Waals surface area contributed by atoms with Gasteiger partial charge >= 0.3 is 0 Å². The molecule has 0 aromatic heterocycles. The van der Waals surface area contributed by atoms with Crippen LogP contribution in [0.2, 0.25) is 5.02 Å². The zero-order valence-corrected chi connectivity index (χ0v) is 9.88. The Morgan fingerprint density at radius 1 is 1.56 bits per heavy atom. The summed E-state index contributed by atoms with van der Waals surface area (Å²) in [5.74, 6) is 0.691. The Hall–Kier alpha value is -1.22. The van der Waals surface area contributed by atoms with Crippen molar-refractivity contribution in [3.63, 3.8) is 0 Å². The van der Waals surface area contributed by atoms with Crippen molar-refractivity contribution in [2.75, 3.05) is 7.11 Å². The lowest BCUT2D eigenvalue weighted by atomic mass is 10.1. The molecular weight excluding hydrogens is 226 g/mol. The number of ether oxygens (including phenoxy) is 1. The van der Waals surface area contributed by atoms with E-state index in [1.165, 1.54) is 0 Å². The molecule has 0 spiro atoms. The molecule has 1 aliphatic rings. The van der Waals surface area contributed by atoms with E-state index in [0.717, 1.165) is 18.4 Å². The molecule has 16 heavy (non-hydrogen) atoms. The summed E-state index contributed by atoms with van der Waals surface area (Å²) >= 11 is 5.97. The van der Waals surface area contributed by atoms with Gasteiger partial charge in [0, 0.05) is 6.04 Å². The second kappa shape index (κ2) is 4.74. The third-order valence-corrected chi connectivity index (χ3v) is 2.82. The summed E-state index contributed by atoms with van der Waals surface area (Å²) in [6.45, 7) is 0. The summed E-state index contributed by atoms with van der Waals surface area (Å²) in [4.78, 5) is 11.5. The lowest BCUT2D eigenvalue weighted by Crippen LogP contribution is -2.26. The first-order valence-electron chi connectivity index (χ1n) is 5.31. The van der Waals surface area contributed by atoms with E-state index < -0.39 is 0 Å². The number of nitrogens with one attached hydrogen (secondary N) is 1. The SMILES string of the molecule is COc1ccc(CC(=O)NC2CC2)cc1Cl. The topological polar surface area (TPSA) is 38.3 Å². The van der Waals surface area contributed by atoms with Gasteiger partial charge in [0.2, 0.25) is 5.91 Å². The number of hydrogen-bond donors (Lipinski definition) is 1. The maximum absolute atomic E-state index is 11.5. The van der Waals surface area contributed by atoms with Gasteiger partial charge in [-0.2, -0.15) is 0 Å². The van der Waals surface area contributed by atoms with Crippen molar-refractivity contribution in [2.45, 2.75) is 25.3 Å². The van der Waals surface area contributed by atoms with Crippen LogP contribution in [-0.4, -0.2) is 19.1 Å². The van der Waals surface area contributed by atoms with Gasteiger partial charge in [0.25, 0.3) is 0 Å². The molecule has 1 saturated carbocycles. The predicted octanol–water partition coefficient (Wildman–Crippen LogP) is 2.17. The third kappa shape index (κ3) is 2.89. The summed E-state index contributed by atoms with van der Waals surface area (Å²) in [5, 5.41) is 3.48. The number of hydrogen-bond acceptors (Lipinski definition) is 2. The molecule has 0 saturated heterocycles. The van der Waals surface area contributed by atoms with Gasteiger partial charge in [0.15, 0.2) is 0 Å². The van der Waals surface area contributed by atoms with Crippen molar-refractivity contribution >= 4 is 17.5 Å². The van der Waals surface area contributed by atoms with E-state index in [1.807, 2.05) is 6.07 Å². The molecule has 4 heteroatoms. The molecule has 3 nitrogen and oxygen atoms in total. The van der Waals surface area contributed by atoms with Crippen molar-refractivity contribution in [2.24, 2.45) is 0 Å². The van der Waals surface area contributed by atoms with Crippen molar-refractivity contribution in [1.29, 1.82) is 0 Å². The Morgan fingerprint density at radius 3 is 2.88 bits per heavy atom. The van der Waals surface area contributed by atoms with Crippen LogP contribution < -0.4 is 10.1 Å². The number of rotatable bonds is 4. The molecule has 1 aromatic carbocycles. The highest BCUT2D eigenvalue weighted by molar-refractivity contribution is 6.32. The van der Waals surface area contributed by atoms with Gasteiger partial charge in [-0.05, 0) is 30.5 Å². The van der Waals surface area contributed by atoms with E-state index in [9.17, 15) is 4.79 Å². The molecule has 1 N–H and O–H groups in total. The first-order chi connectivity index (χ1) is 7.69. The number of halogens is 1. The molecule has 0 aliphatic heterocycles. The minimum atomic E-state index is 0.0590. The molecule has 0 unspecified atom stereocenters. The second-order valence-electron chi connectivity index (χ2n) is 3.99. The van der Waals surface area contributed by atoms with Crippen LogP contribution in [0.1, 0.15) is 18.4 Å². The molecule has 2 rings (SSSR count). The fourth-order valence-electron chi connectivity index (χ4n) is 1.51. The predicted molar refractivity (Wildman–Crippen MR) is 62.9 cm³/mol. The zero-order chi connectivity index (χ0) is 11.5. The quantitative estimate of drug-likeness (QED) is 0.875. The minimum Gasteiger partial charge on any atom is -0.495 e. The van der Waals surface area contributed by atoms with E-state index in [4.69, 9.17) is 16.3 Å². The zero-order valence-electron chi connectivity index (χ0n) is 9.13. The standard InChI is InChI=1S/C12H14ClNO2/c1-16-11-5-2-8(6-10(11)13)7-12(15)14-9-3-4-9/h2,5-6,9H,3-4,7H2,1H3,(H,14,15). The second-order valence-corrected chi connectivity index (χ2v) is 4.39. The van der Waals surface area contributed by atoms with Gasteiger partial charge in [-0.3, -0.25) is 4.79 Å². The Kier molecular flexibility index (Phi) is 3.34. The molecule has 0 bridgehead atoms. The summed E-state index contributed by atoms with van der Waals surface area (Å²) in [7, 11) is 1.57. The van der Waals surface area contributed by atoms with Gasteiger partial charge < -0.3 is 10.1 Å². The average Bonchev–Trinajstić information content (AvgIpc) is 3.01. The number of benzene rings is 1. The summed E-state index contributed by atoms with van der Waals surface area (Å²) in [5.41, 5.74) is 0.906. The Morgan fingerprint density at radius 2 is 2.31 bits per heavy atom. The van der Waals surface area contributed by atoms with Gasteiger partial charge in [-0.25, -0.2) is 0 Å². The van der Waals surface area contributed by atoms with Gasteiger partial charge in [-0.15, -0.1) is 0 Å². The number of carbonyl (C=O) groups is 1. The Labute approximate surface area is 99.7 Å². The van der Waals surface area contributed by atoms with Crippen LogP contribution in [-0.2, 0) is 11.2 Å². The van der Waals surface area contributed by atoms with E-state index in [2.05, 4.69) is 5.32 Å². The number of methoxy groups -OCH3 is 1. The van der Waals surface area contributed by atoms with E-state index in [0.29, 0.717) is 23.2 Å². The van der Waals surface area contributed by atoms with Crippen molar-refractivity contribution in [3.8, 4) is 5.75 Å². The molecule has 0 heterocycles. The maximum atomic E-state index is 11.5. The number of amides is 1. The molecule has 0 radical (unpaired) electrons. The van der Waals surface area contributed by atoms with Crippen LogP contribution in [0.5, 0.6) is 5.75 Å². The Balaban J connectivity index is 1.97. The van der Waals surface area contributed by atoms with Crippen LogP contribution in [0, 0.1) is 0 Å². The maximum Gasteiger partial charge on any atom is 0.224 e. The van der Waals surface area contributed by atoms with Crippen LogP contribution in [0.25, 0.3) is 0 Å². The van der Waals surface area contributed by atoms with Gasteiger partial charge in [0.1, 0.15) is 5.75 Å². The van der Waals surface area contributed by atoms with Gasteiger partial charge in [-0.1, -0.05) is 17.7 Å². The third-order valence-electron chi connectivity index (χ3n) is 2.52. The van der Waals surface area contributed by atoms with Crippen molar-refractivity contribution in [3.05, 3.63) is 28.8 Å². The van der Waals surface area contributed by atoms with Crippen LogP contribution in [0.3, 0.4) is 0 Å². The molecule has 1 amide bonds. The lowest BCUT2D eigenvalue weighted by molar-refractivity contribution is -0.120. The van der Waals surface area contributed by atoms with Crippen molar-refractivity contribution in [1.82, 2.24) is 5.32 Å². The highest BCUT2D eigenvalue weighted by Crippen LogP contribution is 2.25. The lowest BCUT2D eigenvalue weighted by Gasteiger charge is -2.06. The highest BCUT2D eigenvalue weighted by Gasteiger charge is 2.23. The van der Waals surface area contributed by atoms with Crippen LogP contribution in [0.15, 0.2) is 18.2 Å².